The summed E-state index contributed by atoms with van der Waals surface area (Å²) in [6, 6.07) is 4.57. The van der Waals surface area contributed by atoms with Crippen LogP contribution < -0.4 is 14.8 Å². The Bertz CT molecular complexity index is 632. The summed E-state index contributed by atoms with van der Waals surface area (Å²) in [7, 11) is -2.10. The van der Waals surface area contributed by atoms with Gasteiger partial charge in [0.05, 0.1) is 17.0 Å². The lowest BCUT2D eigenvalue weighted by Crippen LogP contribution is -2.52. The van der Waals surface area contributed by atoms with Crippen LogP contribution in [0.5, 0.6) is 5.75 Å². The Hall–Kier alpha value is -0.820. The van der Waals surface area contributed by atoms with Gasteiger partial charge in [0, 0.05) is 12.6 Å². The van der Waals surface area contributed by atoms with Crippen molar-refractivity contribution in [3.8, 4) is 5.75 Å². The maximum atomic E-state index is 12.4. The van der Waals surface area contributed by atoms with E-state index in [2.05, 4.69) is 23.9 Å². The number of methoxy groups -OCH3 is 1. The average Bonchev–Trinajstić information content (AvgIpc) is 2.45. The van der Waals surface area contributed by atoms with Crippen molar-refractivity contribution in [3.05, 3.63) is 23.2 Å². The molecule has 2 rings (SSSR count). The predicted molar refractivity (Wildman–Crippen MR) is 88.0 cm³/mol. The molecule has 1 fully saturated rings. The topological polar surface area (TPSA) is 67.4 Å². The molecule has 1 heterocycles. The molecule has 0 aliphatic carbocycles. The number of halogens is 1. The van der Waals surface area contributed by atoms with E-state index >= 15 is 0 Å². The van der Waals surface area contributed by atoms with Gasteiger partial charge in [-0.15, -0.1) is 0 Å². The first-order chi connectivity index (χ1) is 10.3. The Morgan fingerprint density at radius 1 is 1.45 bits per heavy atom. The van der Waals surface area contributed by atoms with E-state index in [0.29, 0.717) is 12.3 Å². The van der Waals surface area contributed by atoms with Crippen molar-refractivity contribution in [2.24, 2.45) is 5.41 Å². The van der Waals surface area contributed by atoms with Crippen molar-refractivity contribution >= 4 is 21.6 Å². The summed E-state index contributed by atoms with van der Waals surface area (Å²) in [4.78, 5) is 0.145. The van der Waals surface area contributed by atoms with Gasteiger partial charge in [0.1, 0.15) is 5.75 Å². The van der Waals surface area contributed by atoms with E-state index in [0.717, 1.165) is 19.4 Å². The number of hydrogen-bond acceptors (Lipinski definition) is 4. The molecule has 1 unspecified atom stereocenters. The van der Waals surface area contributed by atoms with E-state index < -0.39 is 10.0 Å². The molecule has 0 bridgehead atoms. The highest BCUT2D eigenvalue weighted by Gasteiger charge is 2.32. The van der Waals surface area contributed by atoms with Gasteiger partial charge in [0.25, 0.3) is 0 Å². The molecule has 2 N–H and O–H groups in total. The zero-order chi connectivity index (χ0) is 16.4. The van der Waals surface area contributed by atoms with Crippen molar-refractivity contribution in [3.63, 3.8) is 0 Å². The highest BCUT2D eigenvalue weighted by molar-refractivity contribution is 7.89. The normalized spacial score (nSPS) is 21.5. The van der Waals surface area contributed by atoms with Crippen molar-refractivity contribution < 1.29 is 13.2 Å². The summed E-state index contributed by atoms with van der Waals surface area (Å²) in [6.07, 6.45) is 2.20. The molecule has 7 heteroatoms. The van der Waals surface area contributed by atoms with Crippen LogP contribution in [0.3, 0.4) is 0 Å². The van der Waals surface area contributed by atoms with Crippen LogP contribution in [-0.2, 0) is 10.0 Å². The second-order valence-corrected chi connectivity index (χ2v) is 8.42. The third-order valence-electron chi connectivity index (χ3n) is 4.24. The minimum absolute atomic E-state index is 0.0678. The standard InChI is InChI=1S/C15H23ClN2O3S/c1-15(2)7-4-8-17-14(15)10-18-22(19,20)11-5-6-13(21-3)12(16)9-11/h5-6,9,14,17-18H,4,7-8,10H2,1-3H3. The molecule has 124 valence electrons. The maximum absolute atomic E-state index is 12.4. The molecule has 1 aromatic carbocycles. The molecular formula is C15H23ClN2O3S. The number of ether oxygens (including phenoxy) is 1. The van der Waals surface area contributed by atoms with Gasteiger partial charge in [-0.1, -0.05) is 25.4 Å². The number of sulfonamides is 1. The summed E-state index contributed by atoms with van der Waals surface area (Å²) >= 11 is 6.00. The monoisotopic (exact) mass is 346 g/mol. The second-order valence-electron chi connectivity index (χ2n) is 6.25. The Morgan fingerprint density at radius 2 is 2.18 bits per heavy atom. The van der Waals surface area contributed by atoms with Crippen LogP contribution >= 0.6 is 11.6 Å². The van der Waals surface area contributed by atoms with Crippen LogP contribution in [-0.4, -0.2) is 34.7 Å². The third-order valence-corrected chi connectivity index (χ3v) is 5.96. The molecule has 1 atom stereocenters. The summed E-state index contributed by atoms with van der Waals surface area (Å²) in [5, 5.41) is 3.67. The lowest BCUT2D eigenvalue weighted by molar-refractivity contribution is 0.181. The summed E-state index contributed by atoms with van der Waals surface area (Å²) in [5.74, 6) is 0.454. The Morgan fingerprint density at radius 3 is 2.77 bits per heavy atom. The van der Waals surface area contributed by atoms with Gasteiger partial charge in [0.15, 0.2) is 0 Å². The minimum atomic E-state index is -3.59. The Labute approximate surface area is 137 Å². The van der Waals surface area contributed by atoms with Crippen molar-refractivity contribution in [2.45, 2.75) is 37.6 Å². The van der Waals surface area contributed by atoms with Gasteiger partial charge in [-0.25, -0.2) is 13.1 Å². The fourth-order valence-corrected chi connectivity index (χ4v) is 4.11. The molecule has 1 aliphatic heterocycles. The second kappa shape index (κ2) is 6.74. The molecule has 1 aromatic rings. The van der Waals surface area contributed by atoms with E-state index in [4.69, 9.17) is 16.3 Å². The molecule has 0 radical (unpaired) electrons. The van der Waals surface area contributed by atoms with Gasteiger partial charge in [-0.2, -0.15) is 0 Å². The van der Waals surface area contributed by atoms with Gasteiger partial charge >= 0.3 is 0 Å². The van der Waals surface area contributed by atoms with E-state index in [1.165, 1.54) is 19.2 Å². The molecule has 0 saturated carbocycles. The number of nitrogens with one attached hydrogen (secondary N) is 2. The van der Waals surface area contributed by atoms with Gasteiger partial charge in [-0.05, 0) is 43.0 Å². The largest absolute Gasteiger partial charge is 0.495 e. The molecule has 0 amide bonds. The lowest BCUT2D eigenvalue weighted by Gasteiger charge is -2.39. The molecule has 1 aliphatic rings. The van der Waals surface area contributed by atoms with Crippen molar-refractivity contribution in [1.29, 1.82) is 0 Å². The minimum Gasteiger partial charge on any atom is -0.495 e. The highest BCUT2D eigenvalue weighted by Crippen LogP contribution is 2.30. The summed E-state index contributed by atoms with van der Waals surface area (Å²) in [6.45, 7) is 5.59. The van der Waals surface area contributed by atoms with Gasteiger partial charge < -0.3 is 10.1 Å². The van der Waals surface area contributed by atoms with Crippen LogP contribution in [0.25, 0.3) is 0 Å². The Kier molecular flexibility index (Phi) is 5.37. The zero-order valence-corrected chi connectivity index (χ0v) is 14.7. The van der Waals surface area contributed by atoms with Gasteiger partial charge in [-0.3, -0.25) is 0 Å². The van der Waals surface area contributed by atoms with Crippen molar-refractivity contribution in [2.75, 3.05) is 20.2 Å². The highest BCUT2D eigenvalue weighted by atomic mass is 35.5. The SMILES string of the molecule is COc1ccc(S(=O)(=O)NCC2NCCCC2(C)C)cc1Cl. The zero-order valence-electron chi connectivity index (χ0n) is 13.1. The summed E-state index contributed by atoms with van der Waals surface area (Å²) < 4.78 is 32.5. The van der Waals surface area contributed by atoms with Crippen LogP contribution in [0.4, 0.5) is 0 Å². The number of benzene rings is 1. The number of piperidine rings is 1. The molecular weight excluding hydrogens is 324 g/mol. The smallest absolute Gasteiger partial charge is 0.240 e. The third kappa shape index (κ3) is 3.93. The van der Waals surface area contributed by atoms with E-state index in [-0.39, 0.29) is 21.4 Å². The molecule has 0 aromatic heterocycles. The van der Waals surface area contributed by atoms with Crippen LogP contribution in [0.15, 0.2) is 23.1 Å². The first kappa shape index (κ1) is 17.5. The Balaban J connectivity index is 2.09. The fraction of sp³-hybridized carbons (Fsp3) is 0.600. The van der Waals surface area contributed by atoms with Gasteiger partial charge in [0.2, 0.25) is 10.0 Å². The first-order valence-electron chi connectivity index (χ1n) is 7.33. The molecule has 22 heavy (non-hydrogen) atoms. The molecule has 0 spiro atoms. The van der Waals surface area contributed by atoms with Crippen LogP contribution in [0.1, 0.15) is 26.7 Å². The lowest BCUT2D eigenvalue weighted by atomic mass is 9.78. The molecule has 5 nitrogen and oxygen atoms in total. The van der Waals surface area contributed by atoms with Crippen molar-refractivity contribution in [1.82, 2.24) is 10.0 Å². The van der Waals surface area contributed by atoms with E-state index in [1.54, 1.807) is 6.07 Å². The first-order valence-corrected chi connectivity index (χ1v) is 9.19. The maximum Gasteiger partial charge on any atom is 0.240 e. The van der Waals surface area contributed by atoms with Crippen LogP contribution in [0, 0.1) is 5.41 Å². The van der Waals surface area contributed by atoms with Crippen LogP contribution in [0.2, 0.25) is 5.02 Å². The quantitative estimate of drug-likeness (QED) is 0.859. The summed E-state index contributed by atoms with van der Waals surface area (Å²) in [5.41, 5.74) is 0.0678. The predicted octanol–water partition coefficient (Wildman–Crippen LogP) is 2.41. The van der Waals surface area contributed by atoms with E-state index in [9.17, 15) is 8.42 Å². The fourth-order valence-electron chi connectivity index (χ4n) is 2.71. The number of hydrogen-bond donors (Lipinski definition) is 2. The van der Waals surface area contributed by atoms with E-state index in [1.807, 2.05) is 0 Å². The molecule has 1 saturated heterocycles. The number of rotatable bonds is 5. The average molecular weight is 347 g/mol.